The van der Waals surface area contributed by atoms with Gasteiger partial charge in [0.25, 0.3) is 10.2 Å². The molecule has 0 saturated heterocycles. The van der Waals surface area contributed by atoms with Crippen molar-refractivity contribution in [1.29, 1.82) is 0 Å². The molecule has 1 saturated carbocycles. The summed E-state index contributed by atoms with van der Waals surface area (Å²) < 4.78 is 28.7. The fourth-order valence-corrected chi connectivity index (χ4v) is 3.80. The Labute approximate surface area is 112 Å². The zero-order valence-electron chi connectivity index (χ0n) is 12.0. The van der Waals surface area contributed by atoms with Gasteiger partial charge in [-0.05, 0) is 18.8 Å². The molecule has 0 aromatic carbocycles. The Hall–Kier alpha value is -0.130. The molecule has 1 rings (SSSR count). The highest BCUT2D eigenvalue weighted by Crippen LogP contribution is 2.23. The third kappa shape index (κ3) is 4.52. The van der Waals surface area contributed by atoms with E-state index in [1.807, 2.05) is 0 Å². The van der Waals surface area contributed by atoms with Gasteiger partial charge in [-0.25, -0.2) is 4.72 Å². The van der Waals surface area contributed by atoms with Crippen molar-refractivity contribution in [2.75, 3.05) is 13.6 Å². The number of hydrogen-bond acceptors (Lipinski definition) is 2. The molecule has 0 bridgehead atoms. The van der Waals surface area contributed by atoms with Gasteiger partial charge in [-0.15, -0.1) is 0 Å². The highest BCUT2D eigenvalue weighted by molar-refractivity contribution is 7.87. The Kier molecular flexibility index (Phi) is 6.60. The van der Waals surface area contributed by atoms with E-state index < -0.39 is 10.2 Å². The van der Waals surface area contributed by atoms with Crippen molar-refractivity contribution in [1.82, 2.24) is 9.03 Å². The molecule has 1 fully saturated rings. The lowest BCUT2D eigenvalue weighted by atomic mass is 9.96. The van der Waals surface area contributed by atoms with E-state index in [4.69, 9.17) is 0 Å². The summed E-state index contributed by atoms with van der Waals surface area (Å²) in [7, 11) is -1.58. The van der Waals surface area contributed by atoms with Gasteiger partial charge in [-0.1, -0.05) is 46.0 Å². The second-order valence-corrected chi connectivity index (χ2v) is 7.16. The van der Waals surface area contributed by atoms with Crippen LogP contribution in [0.3, 0.4) is 0 Å². The minimum absolute atomic E-state index is 0.193. The minimum Gasteiger partial charge on any atom is -0.202 e. The first-order valence-electron chi connectivity index (χ1n) is 7.23. The molecule has 0 amide bonds. The van der Waals surface area contributed by atoms with Crippen LogP contribution in [0.15, 0.2) is 0 Å². The van der Waals surface area contributed by atoms with Crippen LogP contribution in [0.5, 0.6) is 0 Å². The first kappa shape index (κ1) is 15.9. The quantitative estimate of drug-likeness (QED) is 0.777. The second kappa shape index (κ2) is 7.46. The molecular formula is C13H28N2O2S. The molecule has 0 atom stereocenters. The van der Waals surface area contributed by atoms with Crippen molar-refractivity contribution in [3.05, 3.63) is 0 Å². The lowest BCUT2D eigenvalue weighted by Crippen LogP contribution is -2.46. The molecule has 18 heavy (non-hydrogen) atoms. The van der Waals surface area contributed by atoms with Gasteiger partial charge in [0.15, 0.2) is 0 Å². The molecule has 5 heteroatoms. The first-order chi connectivity index (χ1) is 8.51. The average molecular weight is 276 g/mol. The van der Waals surface area contributed by atoms with E-state index in [2.05, 4.69) is 18.6 Å². The molecule has 0 aromatic heterocycles. The van der Waals surface area contributed by atoms with E-state index in [-0.39, 0.29) is 6.04 Å². The summed E-state index contributed by atoms with van der Waals surface area (Å²) in [5, 5.41) is 0. The highest BCUT2D eigenvalue weighted by atomic mass is 32.2. The third-order valence-electron chi connectivity index (χ3n) is 4.18. The first-order valence-corrected chi connectivity index (χ1v) is 8.67. The summed E-state index contributed by atoms with van der Waals surface area (Å²) in [5.41, 5.74) is 0. The Morgan fingerprint density at radius 2 is 1.72 bits per heavy atom. The Balaban J connectivity index is 2.50. The Bertz CT molecular complexity index is 320. The van der Waals surface area contributed by atoms with Crippen LogP contribution in [-0.2, 0) is 10.2 Å². The zero-order valence-corrected chi connectivity index (χ0v) is 12.8. The maximum absolute atomic E-state index is 12.2. The van der Waals surface area contributed by atoms with E-state index >= 15 is 0 Å². The highest BCUT2D eigenvalue weighted by Gasteiger charge is 2.27. The second-order valence-electron chi connectivity index (χ2n) is 5.34. The van der Waals surface area contributed by atoms with Gasteiger partial charge < -0.3 is 0 Å². The van der Waals surface area contributed by atoms with Gasteiger partial charge in [0.1, 0.15) is 0 Å². The molecule has 1 N–H and O–H groups in total. The van der Waals surface area contributed by atoms with Crippen molar-refractivity contribution in [3.8, 4) is 0 Å². The molecule has 1 aliphatic rings. The largest absolute Gasteiger partial charge is 0.279 e. The maximum atomic E-state index is 12.2. The van der Waals surface area contributed by atoms with Crippen LogP contribution in [0.1, 0.15) is 58.8 Å². The number of hydrogen-bond donors (Lipinski definition) is 1. The van der Waals surface area contributed by atoms with E-state index in [9.17, 15) is 8.42 Å². The predicted molar refractivity (Wildman–Crippen MR) is 75.6 cm³/mol. The standard InChI is InChI=1S/C13H28N2O2S/c1-4-12(5-2)11-14-18(16,17)15(3)13-9-7-6-8-10-13/h12-14H,4-11H2,1-3H3. The molecular weight excluding hydrogens is 248 g/mol. The molecule has 0 heterocycles. The summed E-state index contributed by atoms with van der Waals surface area (Å²) in [5.74, 6) is 0.444. The van der Waals surface area contributed by atoms with E-state index in [1.165, 1.54) is 6.42 Å². The monoisotopic (exact) mass is 276 g/mol. The fraction of sp³-hybridized carbons (Fsp3) is 1.00. The van der Waals surface area contributed by atoms with Crippen molar-refractivity contribution < 1.29 is 8.42 Å². The van der Waals surface area contributed by atoms with Gasteiger partial charge in [-0.3, -0.25) is 0 Å². The zero-order chi connectivity index (χ0) is 13.6. The van der Waals surface area contributed by atoms with E-state index in [0.29, 0.717) is 12.5 Å². The molecule has 1 aliphatic carbocycles. The van der Waals surface area contributed by atoms with Crippen molar-refractivity contribution in [2.45, 2.75) is 64.8 Å². The van der Waals surface area contributed by atoms with E-state index in [0.717, 1.165) is 38.5 Å². The molecule has 0 aliphatic heterocycles. The average Bonchev–Trinajstić information content (AvgIpc) is 2.40. The number of rotatable bonds is 7. The van der Waals surface area contributed by atoms with Crippen LogP contribution in [-0.4, -0.2) is 32.4 Å². The Morgan fingerprint density at radius 1 is 1.17 bits per heavy atom. The van der Waals surface area contributed by atoms with Gasteiger partial charge >= 0.3 is 0 Å². The van der Waals surface area contributed by atoms with Gasteiger partial charge in [0.2, 0.25) is 0 Å². The van der Waals surface area contributed by atoms with Crippen molar-refractivity contribution in [2.24, 2.45) is 5.92 Å². The molecule has 0 unspecified atom stereocenters. The molecule has 4 nitrogen and oxygen atoms in total. The maximum Gasteiger partial charge on any atom is 0.279 e. The predicted octanol–water partition coefficient (Wildman–Crippen LogP) is 2.52. The normalized spacial score (nSPS) is 18.7. The third-order valence-corrected chi connectivity index (χ3v) is 5.77. The summed E-state index contributed by atoms with van der Waals surface area (Å²) >= 11 is 0. The fourth-order valence-electron chi connectivity index (χ4n) is 2.54. The smallest absolute Gasteiger partial charge is 0.202 e. The molecule has 108 valence electrons. The molecule has 0 radical (unpaired) electrons. The number of nitrogens with zero attached hydrogens (tertiary/aromatic N) is 1. The van der Waals surface area contributed by atoms with E-state index in [1.54, 1.807) is 11.4 Å². The van der Waals surface area contributed by atoms with Crippen LogP contribution in [0.4, 0.5) is 0 Å². The lowest BCUT2D eigenvalue weighted by molar-refractivity contribution is 0.282. The van der Waals surface area contributed by atoms with Crippen LogP contribution >= 0.6 is 0 Å². The van der Waals surface area contributed by atoms with Gasteiger partial charge in [0.05, 0.1) is 0 Å². The van der Waals surface area contributed by atoms with Crippen molar-refractivity contribution >= 4 is 10.2 Å². The van der Waals surface area contributed by atoms with Crippen LogP contribution in [0.2, 0.25) is 0 Å². The Morgan fingerprint density at radius 3 is 2.22 bits per heavy atom. The van der Waals surface area contributed by atoms with Crippen molar-refractivity contribution in [3.63, 3.8) is 0 Å². The summed E-state index contributed by atoms with van der Waals surface area (Å²) in [6.07, 6.45) is 7.59. The molecule has 0 aromatic rings. The minimum atomic E-state index is -3.29. The lowest BCUT2D eigenvalue weighted by Gasteiger charge is -2.30. The SMILES string of the molecule is CCC(CC)CNS(=O)(=O)N(C)C1CCCCC1. The van der Waals surface area contributed by atoms with Gasteiger partial charge in [-0.2, -0.15) is 12.7 Å². The summed E-state index contributed by atoms with van der Waals surface area (Å²) in [4.78, 5) is 0. The van der Waals surface area contributed by atoms with Crippen LogP contribution in [0.25, 0.3) is 0 Å². The number of nitrogens with one attached hydrogen (secondary N) is 1. The topological polar surface area (TPSA) is 49.4 Å². The van der Waals surface area contributed by atoms with Crippen LogP contribution < -0.4 is 4.72 Å². The molecule has 0 spiro atoms. The summed E-state index contributed by atoms with van der Waals surface area (Å²) in [6.45, 7) is 4.77. The van der Waals surface area contributed by atoms with Crippen LogP contribution in [0, 0.1) is 5.92 Å². The van der Waals surface area contributed by atoms with Gasteiger partial charge in [0, 0.05) is 19.6 Å². The summed E-state index contributed by atoms with van der Waals surface area (Å²) in [6, 6.07) is 0.193.